The van der Waals surface area contributed by atoms with E-state index in [9.17, 15) is 14.8 Å². The molecule has 0 spiro atoms. The molecule has 1 aliphatic rings. The summed E-state index contributed by atoms with van der Waals surface area (Å²) in [5, 5.41) is 20.3. The fourth-order valence-corrected chi connectivity index (χ4v) is 3.09. The van der Waals surface area contributed by atoms with Crippen molar-refractivity contribution in [3.8, 4) is 0 Å². The van der Waals surface area contributed by atoms with Gasteiger partial charge in [0.1, 0.15) is 28.5 Å². The highest BCUT2D eigenvalue weighted by Crippen LogP contribution is 2.38. The number of phosphoric ester groups is 1. The quantitative estimate of drug-likeness (QED) is 0.311. The molecule has 0 unspecified atom stereocenters. The Kier molecular flexibility index (Phi) is 4.68. The third-order valence-corrected chi connectivity index (χ3v) is 4.81. The summed E-state index contributed by atoms with van der Waals surface area (Å²) in [6.45, 7) is -0.609. The number of aliphatic hydroxyl groups excluding tert-OH is 2. The van der Waals surface area contributed by atoms with E-state index in [2.05, 4.69) is 14.5 Å². The van der Waals surface area contributed by atoms with E-state index in [-0.39, 0.29) is 11.6 Å². The third-order valence-electron chi connectivity index (χ3n) is 3.86. The van der Waals surface area contributed by atoms with Gasteiger partial charge in [-0.2, -0.15) is 4.98 Å². The van der Waals surface area contributed by atoms with Gasteiger partial charge in [-0.05, 0) is 0 Å². The maximum absolute atomic E-state index is 10.8. The Hall–Kier alpha value is -1.44. The van der Waals surface area contributed by atoms with Crippen molar-refractivity contribution in [3.05, 3.63) is 11.0 Å². The lowest BCUT2D eigenvalue weighted by molar-refractivity contribution is -0.0503. The number of aromatic nitrogens is 4. The van der Waals surface area contributed by atoms with E-state index in [1.165, 1.54) is 15.5 Å². The monoisotopic (exact) mass is 393 g/mol. The lowest BCUT2D eigenvalue weighted by Crippen LogP contribution is -2.33. The molecule has 1 aliphatic heterocycles. The fraction of sp³-hybridized carbons (Fsp3) is 0.545. The zero-order valence-corrected chi connectivity index (χ0v) is 14.5. The van der Waals surface area contributed by atoms with Crippen molar-refractivity contribution in [2.75, 3.05) is 12.3 Å². The van der Waals surface area contributed by atoms with Crippen LogP contribution in [-0.2, 0) is 20.9 Å². The molecule has 0 bridgehead atoms. The van der Waals surface area contributed by atoms with Gasteiger partial charge in [0, 0.05) is 7.05 Å². The predicted molar refractivity (Wildman–Crippen MR) is 85.7 cm³/mol. The van der Waals surface area contributed by atoms with Crippen molar-refractivity contribution in [1.29, 1.82) is 0 Å². The molecule has 0 amide bonds. The molecule has 14 heteroatoms. The number of hydrogen-bond acceptors (Lipinski definition) is 9. The first kappa shape index (κ1) is 18.4. The first-order chi connectivity index (χ1) is 11.6. The van der Waals surface area contributed by atoms with Crippen LogP contribution in [0.1, 0.15) is 6.23 Å². The van der Waals surface area contributed by atoms with Crippen molar-refractivity contribution in [3.63, 3.8) is 0 Å². The molecule has 3 heterocycles. The molecule has 2 aromatic heterocycles. The second kappa shape index (κ2) is 6.37. The van der Waals surface area contributed by atoms with Crippen molar-refractivity contribution >= 4 is 37.2 Å². The summed E-state index contributed by atoms with van der Waals surface area (Å²) >= 11 is 5.24. The van der Waals surface area contributed by atoms with Crippen LogP contribution in [0.5, 0.6) is 0 Å². The van der Waals surface area contributed by atoms with E-state index in [1.807, 2.05) is 0 Å². The number of nitrogens with two attached hydrogens (primary N) is 1. The van der Waals surface area contributed by atoms with Crippen molar-refractivity contribution in [2.24, 2.45) is 7.05 Å². The van der Waals surface area contributed by atoms with E-state index >= 15 is 0 Å². The summed E-state index contributed by atoms with van der Waals surface area (Å²) in [7, 11) is -3.11. The number of ether oxygens (including phenoxy) is 1. The summed E-state index contributed by atoms with van der Waals surface area (Å²) in [5.41, 5.74) is 6.38. The standard InChI is InChI=1S/C11H16N5O7PS/c1-15-10(25)5-8(14-11(15)12)16(3-13-5)9-7(18)6(17)4(23-9)2-22-24(19,20)21/h3-4,6-7,9,17-18H,2H2,1H3,(H2,12,14)(H2,19,20,21)/t4-,6-,7-,9-/m1/s1. The van der Waals surface area contributed by atoms with Gasteiger partial charge in [-0.25, -0.2) is 9.55 Å². The molecular weight excluding hydrogens is 377 g/mol. The number of imidazole rings is 1. The Labute approximate surface area is 145 Å². The minimum Gasteiger partial charge on any atom is -0.387 e. The predicted octanol–water partition coefficient (Wildman–Crippen LogP) is -1.19. The van der Waals surface area contributed by atoms with Crippen LogP contribution < -0.4 is 5.73 Å². The van der Waals surface area contributed by atoms with Gasteiger partial charge in [0.2, 0.25) is 5.95 Å². The van der Waals surface area contributed by atoms with Gasteiger partial charge in [0.15, 0.2) is 11.9 Å². The van der Waals surface area contributed by atoms with Crippen LogP contribution in [0.2, 0.25) is 0 Å². The van der Waals surface area contributed by atoms with Crippen LogP contribution in [0, 0.1) is 4.64 Å². The topological polar surface area (TPSA) is 178 Å². The van der Waals surface area contributed by atoms with Gasteiger partial charge >= 0.3 is 7.82 Å². The largest absolute Gasteiger partial charge is 0.469 e. The number of nitrogens with zero attached hydrogens (tertiary/aromatic N) is 4. The van der Waals surface area contributed by atoms with E-state index < -0.39 is 39.0 Å². The molecule has 1 fully saturated rings. The number of hydrogen-bond donors (Lipinski definition) is 5. The number of fused-ring (bicyclic) bond motifs is 1. The van der Waals surface area contributed by atoms with Crippen molar-refractivity contribution < 1.29 is 33.8 Å². The lowest BCUT2D eigenvalue weighted by atomic mass is 10.1. The number of aliphatic hydroxyl groups is 2. The van der Waals surface area contributed by atoms with Crippen molar-refractivity contribution in [2.45, 2.75) is 24.5 Å². The van der Waals surface area contributed by atoms with Gasteiger partial charge in [-0.3, -0.25) is 9.09 Å². The SMILES string of the molecule is Cn1c(N)nc2c(ncn2[C@@H]2O[C@H](COP(=O)(O)O)[C@@H](O)[C@H]2O)c1=S. The summed E-state index contributed by atoms with van der Waals surface area (Å²) < 4.78 is 23.7. The molecule has 6 N–H and O–H groups in total. The van der Waals surface area contributed by atoms with Gasteiger partial charge in [-0.15, -0.1) is 0 Å². The van der Waals surface area contributed by atoms with Gasteiger partial charge < -0.3 is 35.0 Å². The van der Waals surface area contributed by atoms with E-state index in [4.69, 9.17) is 32.5 Å². The Morgan fingerprint density at radius 1 is 1.44 bits per heavy atom. The first-order valence-electron chi connectivity index (χ1n) is 7.01. The van der Waals surface area contributed by atoms with Gasteiger partial charge in [0.25, 0.3) is 0 Å². The Bertz CT molecular complexity index is 910. The highest BCUT2D eigenvalue weighted by Gasteiger charge is 2.45. The number of phosphoric acid groups is 1. The molecule has 2 aromatic rings. The molecule has 0 saturated carbocycles. The molecule has 25 heavy (non-hydrogen) atoms. The maximum atomic E-state index is 10.8. The average Bonchev–Trinajstić information content (AvgIpc) is 3.05. The zero-order chi connectivity index (χ0) is 18.5. The summed E-state index contributed by atoms with van der Waals surface area (Å²) in [6, 6.07) is 0. The second-order valence-corrected chi connectivity index (χ2v) is 7.12. The highest BCUT2D eigenvalue weighted by molar-refractivity contribution is 7.71. The van der Waals surface area contributed by atoms with Crippen LogP contribution in [0.15, 0.2) is 6.33 Å². The first-order valence-corrected chi connectivity index (χ1v) is 8.94. The van der Waals surface area contributed by atoms with Crippen LogP contribution in [0.25, 0.3) is 11.2 Å². The normalized spacial score (nSPS) is 27.2. The molecule has 3 rings (SSSR count). The Morgan fingerprint density at radius 3 is 2.76 bits per heavy atom. The molecule has 1 saturated heterocycles. The van der Waals surface area contributed by atoms with E-state index in [0.29, 0.717) is 10.2 Å². The minimum absolute atomic E-state index is 0.119. The summed E-state index contributed by atoms with van der Waals surface area (Å²) in [6.07, 6.45) is -3.80. The van der Waals surface area contributed by atoms with E-state index in [0.717, 1.165) is 0 Å². The summed E-state index contributed by atoms with van der Waals surface area (Å²) in [4.78, 5) is 25.8. The molecule has 12 nitrogen and oxygen atoms in total. The average molecular weight is 393 g/mol. The molecule has 4 atom stereocenters. The zero-order valence-electron chi connectivity index (χ0n) is 12.8. The highest BCUT2D eigenvalue weighted by atomic mass is 32.1. The Morgan fingerprint density at radius 2 is 2.12 bits per heavy atom. The smallest absolute Gasteiger partial charge is 0.387 e. The van der Waals surface area contributed by atoms with E-state index in [1.54, 1.807) is 7.05 Å². The summed E-state index contributed by atoms with van der Waals surface area (Å²) in [5.74, 6) is 0.119. The van der Waals surface area contributed by atoms with Gasteiger partial charge in [-0.1, -0.05) is 12.2 Å². The molecule has 0 radical (unpaired) electrons. The van der Waals surface area contributed by atoms with Crippen LogP contribution in [-0.4, -0.2) is 64.0 Å². The van der Waals surface area contributed by atoms with Crippen LogP contribution in [0.3, 0.4) is 0 Å². The molecule has 0 aromatic carbocycles. The number of nitrogen functional groups attached to an aromatic ring is 1. The molecule has 0 aliphatic carbocycles. The fourth-order valence-electron chi connectivity index (χ4n) is 2.52. The van der Waals surface area contributed by atoms with Crippen LogP contribution >= 0.6 is 20.0 Å². The molecular formula is C11H16N5O7PS. The van der Waals surface area contributed by atoms with Crippen molar-refractivity contribution in [1.82, 2.24) is 19.1 Å². The lowest BCUT2D eigenvalue weighted by Gasteiger charge is -2.17. The Balaban J connectivity index is 1.93. The molecule has 138 valence electrons. The van der Waals surface area contributed by atoms with Crippen LogP contribution in [0.4, 0.5) is 5.95 Å². The number of rotatable bonds is 4. The second-order valence-electron chi connectivity index (χ2n) is 5.49. The number of anilines is 1. The minimum atomic E-state index is -4.74. The maximum Gasteiger partial charge on any atom is 0.469 e. The third kappa shape index (κ3) is 3.32. The van der Waals surface area contributed by atoms with Gasteiger partial charge in [0.05, 0.1) is 12.9 Å².